The molecule has 0 unspecified atom stereocenters. The summed E-state index contributed by atoms with van der Waals surface area (Å²) in [7, 11) is 0. The van der Waals surface area contributed by atoms with Crippen molar-refractivity contribution < 1.29 is 9.90 Å². The fourth-order valence-corrected chi connectivity index (χ4v) is 1.51. The molecule has 3 heteroatoms. The molecule has 2 N–H and O–H groups in total. The largest absolute Gasteiger partial charge is 0.393 e. The zero-order chi connectivity index (χ0) is 8.27. The first-order chi connectivity index (χ1) is 5.18. The van der Waals surface area contributed by atoms with E-state index in [4.69, 9.17) is 5.11 Å². The van der Waals surface area contributed by atoms with Crippen molar-refractivity contribution in [2.45, 2.75) is 44.8 Å². The predicted molar refractivity (Wildman–Crippen MR) is 42.1 cm³/mol. The van der Waals surface area contributed by atoms with E-state index in [1.807, 2.05) is 0 Å². The van der Waals surface area contributed by atoms with E-state index in [2.05, 4.69) is 5.32 Å². The third-order valence-corrected chi connectivity index (χ3v) is 2.10. The standard InChI is InChI=1S/C8H15NO2/c1-6(10)9-7-2-4-8(11)5-3-7/h7-8,11H,2-5H2,1H3,(H,9,10)/t7-,8-. The average molecular weight is 157 g/mol. The first-order valence-corrected chi connectivity index (χ1v) is 4.13. The van der Waals surface area contributed by atoms with Crippen molar-refractivity contribution in [2.24, 2.45) is 0 Å². The van der Waals surface area contributed by atoms with E-state index in [1.54, 1.807) is 0 Å². The predicted octanol–water partition coefficient (Wildman–Crippen LogP) is 0.426. The summed E-state index contributed by atoms with van der Waals surface area (Å²) < 4.78 is 0. The summed E-state index contributed by atoms with van der Waals surface area (Å²) in [6.45, 7) is 1.53. The summed E-state index contributed by atoms with van der Waals surface area (Å²) >= 11 is 0. The van der Waals surface area contributed by atoms with Crippen LogP contribution in [0.3, 0.4) is 0 Å². The maximum atomic E-state index is 10.6. The second-order valence-electron chi connectivity index (χ2n) is 3.21. The van der Waals surface area contributed by atoms with Crippen LogP contribution >= 0.6 is 0 Å². The molecule has 1 rings (SSSR count). The van der Waals surface area contributed by atoms with Crippen LogP contribution in [0.4, 0.5) is 0 Å². The first kappa shape index (κ1) is 8.53. The highest BCUT2D eigenvalue weighted by Crippen LogP contribution is 2.17. The number of aliphatic hydroxyl groups is 1. The zero-order valence-electron chi connectivity index (χ0n) is 6.84. The number of rotatable bonds is 1. The number of amides is 1. The number of carbonyl (C=O) groups is 1. The Morgan fingerprint density at radius 3 is 2.36 bits per heavy atom. The Kier molecular flexibility index (Phi) is 2.88. The molecule has 0 heterocycles. The number of aliphatic hydroxyl groups excluding tert-OH is 1. The van der Waals surface area contributed by atoms with Gasteiger partial charge in [-0.05, 0) is 25.7 Å². The molecule has 3 nitrogen and oxygen atoms in total. The van der Waals surface area contributed by atoms with E-state index in [-0.39, 0.29) is 12.0 Å². The maximum Gasteiger partial charge on any atom is 0.217 e. The van der Waals surface area contributed by atoms with Gasteiger partial charge in [0.15, 0.2) is 0 Å². The van der Waals surface area contributed by atoms with Gasteiger partial charge in [-0.1, -0.05) is 0 Å². The van der Waals surface area contributed by atoms with Crippen LogP contribution in [0, 0.1) is 0 Å². The summed E-state index contributed by atoms with van der Waals surface area (Å²) in [5.74, 6) is 0.0337. The summed E-state index contributed by atoms with van der Waals surface area (Å²) in [5.41, 5.74) is 0. The molecule has 1 aliphatic rings. The molecule has 0 aliphatic heterocycles. The Morgan fingerprint density at radius 2 is 1.91 bits per heavy atom. The first-order valence-electron chi connectivity index (χ1n) is 4.13. The van der Waals surface area contributed by atoms with Crippen molar-refractivity contribution >= 4 is 5.91 Å². The molecule has 0 aromatic rings. The van der Waals surface area contributed by atoms with Crippen LogP contribution in [0.2, 0.25) is 0 Å². The molecule has 1 aliphatic carbocycles. The Morgan fingerprint density at radius 1 is 1.36 bits per heavy atom. The van der Waals surface area contributed by atoms with Gasteiger partial charge >= 0.3 is 0 Å². The smallest absolute Gasteiger partial charge is 0.217 e. The minimum atomic E-state index is -0.139. The van der Waals surface area contributed by atoms with Gasteiger partial charge in [-0.25, -0.2) is 0 Å². The van der Waals surface area contributed by atoms with Gasteiger partial charge in [0.25, 0.3) is 0 Å². The van der Waals surface area contributed by atoms with Gasteiger partial charge in [0.05, 0.1) is 6.10 Å². The van der Waals surface area contributed by atoms with Crippen LogP contribution in [-0.4, -0.2) is 23.2 Å². The van der Waals surface area contributed by atoms with E-state index in [1.165, 1.54) is 6.92 Å². The molecule has 1 fully saturated rings. The quantitative estimate of drug-likeness (QED) is 0.579. The molecule has 0 atom stereocenters. The molecular formula is C8H15NO2. The normalized spacial score (nSPS) is 31.5. The SMILES string of the molecule is CC(=O)N[C@H]1CC[C@H](O)CC1. The number of nitrogens with one attached hydrogen (secondary N) is 1. The van der Waals surface area contributed by atoms with Gasteiger partial charge in [0.2, 0.25) is 5.91 Å². The van der Waals surface area contributed by atoms with E-state index in [9.17, 15) is 4.79 Å². The van der Waals surface area contributed by atoms with Gasteiger partial charge < -0.3 is 10.4 Å². The van der Waals surface area contributed by atoms with Gasteiger partial charge in [0, 0.05) is 13.0 Å². The van der Waals surface area contributed by atoms with Crippen LogP contribution in [0.5, 0.6) is 0 Å². The third kappa shape index (κ3) is 2.89. The Bertz CT molecular complexity index is 139. The van der Waals surface area contributed by atoms with Gasteiger partial charge in [-0.3, -0.25) is 4.79 Å². The topological polar surface area (TPSA) is 49.3 Å². The Labute approximate surface area is 66.8 Å². The molecule has 11 heavy (non-hydrogen) atoms. The van der Waals surface area contributed by atoms with Crippen LogP contribution in [-0.2, 0) is 4.79 Å². The Balaban J connectivity index is 2.22. The van der Waals surface area contributed by atoms with Crippen molar-refractivity contribution in [3.8, 4) is 0 Å². The van der Waals surface area contributed by atoms with Crippen LogP contribution in [0.15, 0.2) is 0 Å². The summed E-state index contributed by atoms with van der Waals surface area (Å²) in [5, 5.41) is 12.0. The lowest BCUT2D eigenvalue weighted by Crippen LogP contribution is -2.37. The molecule has 1 amide bonds. The molecule has 0 aromatic heterocycles. The highest BCUT2D eigenvalue weighted by atomic mass is 16.3. The number of carbonyl (C=O) groups excluding carboxylic acids is 1. The zero-order valence-corrected chi connectivity index (χ0v) is 6.84. The van der Waals surface area contributed by atoms with E-state index >= 15 is 0 Å². The molecule has 1 saturated carbocycles. The van der Waals surface area contributed by atoms with Crippen molar-refractivity contribution in [1.29, 1.82) is 0 Å². The second kappa shape index (κ2) is 3.72. The highest BCUT2D eigenvalue weighted by Gasteiger charge is 2.19. The lowest BCUT2D eigenvalue weighted by atomic mass is 9.93. The van der Waals surface area contributed by atoms with Crippen LogP contribution < -0.4 is 5.32 Å². The minimum absolute atomic E-state index is 0.0337. The van der Waals surface area contributed by atoms with Crippen LogP contribution in [0.1, 0.15) is 32.6 Å². The van der Waals surface area contributed by atoms with E-state index in [0.717, 1.165) is 25.7 Å². The lowest BCUT2D eigenvalue weighted by Gasteiger charge is -2.25. The van der Waals surface area contributed by atoms with Gasteiger partial charge in [-0.15, -0.1) is 0 Å². The van der Waals surface area contributed by atoms with Crippen LogP contribution in [0.25, 0.3) is 0 Å². The third-order valence-electron chi connectivity index (χ3n) is 2.10. The highest BCUT2D eigenvalue weighted by molar-refractivity contribution is 5.73. The molecule has 0 aromatic carbocycles. The molecule has 0 radical (unpaired) electrons. The van der Waals surface area contributed by atoms with Crippen molar-refractivity contribution in [2.75, 3.05) is 0 Å². The second-order valence-corrected chi connectivity index (χ2v) is 3.21. The molecule has 0 saturated heterocycles. The van der Waals surface area contributed by atoms with E-state index in [0.29, 0.717) is 6.04 Å². The number of hydrogen-bond acceptors (Lipinski definition) is 2. The fraction of sp³-hybridized carbons (Fsp3) is 0.875. The monoisotopic (exact) mass is 157 g/mol. The van der Waals surface area contributed by atoms with Gasteiger partial charge in [-0.2, -0.15) is 0 Å². The maximum absolute atomic E-state index is 10.6. The molecule has 0 bridgehead atoms. The molecular weight excluding hydrogens is 142 g/mol. The molecule has 64 valence electrons. The van der Waals surface area contributed by atoms with Gasteiger partial charge in [0.1, 0.15) is 0 Å². The molecule has 0 spiro atoms. The minimum Gasteiger partial charge on any atom is -0.393 e. The average Bonchev–Trinajstić information content (AvgIpc) is 1.93. The van der Waals surface area contributed by atoms with Crippen molar-refractivity contribution in [3.05, 3.63) is 0 Å². The lowest BCUT2D eigenvalue weighted by molar-refractivity contribution is -0.120. The fourth-order valence-electron chi connectivity index (χ4n) is 1.51. The van der Waals surface area contributed by atoms with Crippen molar-refractivity contribution in [3.63, 3.8) is 0 Å². The summed E-state index contributed by atoms with van der Waals surface area (Å²) in [6, 6.07) is 0.302. The summed E-state index contributed by atoms with van der Waals surface area (Å²) in [6.07, 6.45) is 3.34. The summed E-state index contributed by atoms with van der Waals surface area (Å²) in [4.78, 5) is 10.6. The van der Waals surface area contributed by atoms with Crippen molar-refractivity contribution in [1.82, 2.24) is 5.32 Å². The van der Waals surface area contributed by atoms with E-state index < -0.39 is 0 Å². The number of hydrogen-bond donors (Lipinski definition) is 2. The Hall–Kier alpha value is -0.570.